The van der Waals surface area contributed by atoms with Crippen LogP contribution in [0, 0.1) is 19.7 Å². The van der Waals surface area contributed by atoms with Crippen molar-refractivity contribution < 1.29 is 13.9 Å². The molecule has 0 aliphatic carbocycles. The number of benzene rings is 3. The van der Waals surface area contributed by atoms with Crippen molar-refractivity contribution in [3.8, 4) is 5.75 Å². The second-order valence-corrected chi connectivity index (χ2v) is 10.9. The average molecular weight is 607 g/mol. The van der Waals surface area contributed by atoms with Gasteiger partial charge in [0.25, 0.3) is 5.91 Å². The third-order valence-electron chi connectivity index (χ3n) is 5.19. The second-order valence-electron chi connectivity index (χ2n) is 7.48. The van der Waals surface area contributed by atoms with E-state index in [1.54, 1.807) is 29.2 Å². The van der Waals surface area contributed by atoms with Gasteiger partial charge in [-0.1, -0.05) is 48.2 Å². The van der Waals surface area contributed by atoms with Crippen molar-refractivity contribution in [2.24, 2.45) is 0 Å². The van der Waals surface area contributed by atoms with Gasteiger partial charge in [-0.3, -0.25) is 9.69 Å². The Balaban J connectivity index is 1.56. The van der Waals surface area contributed by atoms with Gasteiger partial charge in [0.15, 0.2) is 4.32 Å². The lowest BCUT2D eigenvalue weighted by Gasteiger charge is -2.16. The van der Waals surface area contributed by atoms with Gasteiger partial charge in [-0.25, -0.2) is 4.39 Å². The van der Waals surface area contributed by atoms with Crippen LogP contribution in [0.4, 0.5) is 10.1 Å². The van der Waals surface area contributed by atoms with E-state index in [0.29, 0.717) is 29.5 Å². The van der Waals surface area contributed by atoms with Gasteiger partial charge >= 0.3 is 0 Å². The average Bonchev–Trinajstić information content (AvgIpc) is 3.03. The van der Waals surface area contributed by atoms with E-state index in [0.717, 1.165) is 22.4 Å². The van der Waals surface area contributed by atoms with Gasteiger partial charge in [-0.05, 0) is 98.8 Å². The van der Waals surface area contributed by atoms with Gasteiger partial charge < -0.3 is 4.74 Å². The number of nitrogens with zero attached hydrogens (tertiary/aromatic N) is 1. The number of hydrogen-bond donors (Lipinski definition) is 0. The molecule has 0 unspecified atom stereocenters. The van der Waals surface area contributed by atoms with Crippen LogP contribution in [0.15, 0.2) is 68.4 Å². The SMILES string of the molecule is Cc1ccc(N2C(=O)/C(=C\c3cc(Br)c(OCc4ccccc4F)c(Br)c3)SC2=S)cc1C. The van der Waals surface area contributed by atoms with Crippen molar-refractivity contribution in [2.45, 2.75) is 20.5 Å². The van der Waals surface area contributed by atoms with E-state index in [9.17, 15) is 9.18 Å². The molecule has 1 aliphatic rings. The summed E-state index contributed by atoms with van der Waals surface area (Å²) in [5.41, 5.74) is 4.29. The molecule has 8 heteroatoms. The summed E-state index contributed by atoms with van der Waals surface area (Å²) >= 11 is 13.8. The monoisotopic (exact) mass is 605 g/mol. The van der Waals surface area contributed by atoms with E-state index in [1.165, 1.54) is 17.8 Å². The highest BCUT2D eigenvalue weighted by molar-refractivity contribution is 9.11. The molecule has 1 aliphatic heterocycles. The van der Waals surface area contributed by atoms with Crippen molar-refractivity contribution in [2.75, 3.05) is 4.90 Å². The number of halogens is 3. The standard InChI is InChI=1S/C25H18Br2FNO2S2/c1-14-7-8-18(9-15(14)2)29-24(30)22(33-25(29)32)12-16-10-19(26)23(20(27)11-16)31-13-17-5-3-4-6-21(17)28/h3-12H,13H2,1-2H3/b22-12+. The van der Waals surface area contributed by atoms with Gasteiger partial charge in [0.05, 0.1) is 19.5 Å². The number of carbonyl (C=O) groups is 1. The van der Waals surface area contributed by atoms with Crippen molar-refractivity contribution in [3.63, 3.8) is 0 Å². The summed E-state index contributed by atoms with van der Waals surface area (Å²) in [4.78, 5) is 15.2. The number of thioether (sulfide) groups is 1. The van der Waals surface area contributed by atoms with Gasteiger partial charge in [-0.2, -0.15) is 0 Å². The Kier molecular flexibility index (Phi) is 7.38. The molecule has 0 N–H and O–H groups in total. The number of amides is 1. The summed E-state index contributed by atoms with van der Waals surface area (Å²) in [6.07, 6.45) is 1.80. The zero-order valence-corrected chi connectivity index (χ0v) is 22.5. The fourth-order valence-electron chi connectivity index (χ4n) is 3.27. The molecule has 3 nitrogen and oxygen atoms in total. The number of anilines is 1. The molecule has 4 rings (SSSR count). The van der Waals surface area contributed by atoms with Crippen LogP contribution in [-0.4, -0.2) is 10.2 Å². The first-order valence-electron chi connectivity index (χ1n) is 9.95. The Morgan fingerprint density at radius 1 is 1.06 bits per heavy atom. The fourth-order valence-corrected chi connectivity index (χ4v) is 6.02. The maximum absolute atomic E-state index is 13.9. The molecule has 3 aromatic carbocycles. The first-order valence-corrected chi connectivity index (χ1v) is 12.8. The minimum Gasteiger partial charge on any atom is -0.486 e. The first-order chi connectivity index (χ1) is 15.7. The molecule has 1 heterocycles. The van der Waals surface area contributed by atoms with E-state index in [4.69, 9.17) is 17.0 Å². The minimum atomic E-state index is -0.313. The molecular weight excluding hydrogens is 589 g/mol. The summed E-state index contributed by atoms with van der Waals surface area (Å²) in [5, 5.41) is 0. The van der Waals surface area contributed by atoms with Crippen LogP contribution < -0.4 is 9.64 Å². The summed E-state index contributed by atoms with van der Waals surface area (Å²) in [5.74, 6) is 0.0885. The minimum absolute atomic E-state index is 0.0951. The van der Waals surface area contributed by atoms with Gasteiger partial charge in [0.2, 0.25) is 0 Å². The van der Waals surface area contributed by atoms with Crippen LogP contribution in [0.3, 0.4) is 0 Å². The number of hydrogen-bond acceptors (Lipinski definition) is 4. The molecule has 0 saturated carbocycles. The molecule has 0 atom stereocenters. The summed E-state index contributed by atoms with van der Waals surface area (Å²) in [6.45, 7) is 4.14. The third kappa shape index (κ3) is 5.24. The van der Waals surface area contributed by atoms with Gasteiger partial charge in [0, 0.05) is 5.56 Å². The number of ether oxygens (including phenoxy) is 1. The molecule has 0 aromatic heterocycles. The summed E-state index contributed by atoms with van der Waals surface area (Å²) in [6, 6.07) is 16.1. The Bertz CT molecular complexity index is 1290. The quantitative estimate of drug-likeness (QED) is 0.218. The second kappa shape index (κ2) is 10.1. The zero-order valence-electron chi connectivity index (χ0n) is 17.7. The van der Waals surface area contributed by atoms with E-state index in [2.05, 4.69) is 31.9 Å². The normalized spacial score (nSPS) is 14.9. The Hall–Kier alpha value is -2.00. The third-order valence-corrected chi connectivity index (χ3v) is 7.67. The van der Waals surface area contributed by atoms with Crippen LogP contribution in [0.2, 0.25) is 0 Å². The van der Waals surface area contributed by atoms with Crippen LogP contribution in [0.25, 0.3) is 6.08 Å². The van der Waals surface area contributed by atoms with Crippen molar-refractivity contribution in [3.05, 3.63) is 96.5 Å². The van der Waals surface area contributed by atoms with Crippen LogP contribution >= 0.6 is 55.8 Å². The lowest BCUT2D eigenvalue weighted by molar-refractivity contribution is -0.113. The lowest BCUT2D eigenvalue weighted by atomic mass is 10.1. The summed E-state index contributed by atoms with van der Waals surface area (Å²) in [7, 11) is 0. The topological polar surface area (TPSA) is 29.5 Å². The van der Waals surface area contributed by atoms with Crippen LogP contribution in [0.1, 0.15) is 22.3 Å². The van der Waals surface area contributed by atoms with E-state index in [-0.39, 0.29) is 18.3 Å². The zero-order chi connectivity index (χ0) is 23.7. The molecule has 1 amide bonds. The fraction of sp³-hybridized carbons (Fsp3) is 0.120. The molecule has 33 heavy (non-hydrogen) atoms. The summed E-state index contributed by atoms with van der Waals surface area (Å²) < 4.78 is 21.6. The predicted octanol–water partition coefficient (Wildman–Crippen LogP) is 7.95. The van der Waals surface area contributed by atoms with E-state index < -0.39 is 0 Å². The Labute approximate surface area is 218 Å². The van der Waals surface area contributed by atoms with E-state index >= 15 is 0 Å². The molecule has 3 aromatic rings. The van der Waals surface area contributed by atoms with Crippen LogP contribution in [-0.2, 0) is 11.4 Å². The maximum Gasteiger partial charge on any atom is 0.270 e. The highest BCUT2D eigenvalue weighted by atomic mass is 79.9. The Morgan fingerprint density at radius 2 is 1.76 bits per heavy atom. The Morgan fingerprint density at radius 3 is 2.42 bits per heavy atom. The molecular formula is C25H18Br2FNO2S2. The van der Waals surface area contributed by atoms with Gasteiger partial charge in [0.1, 0.15) is 18.2 Å². The van der Waals surface area contributed by atoms with Gasteiger partial charge in [-0.15, -0.1) is 0 Å². The number of rotatable bonds is 5. The smallest absolute Gasteiger partial charge is 0.270 e. The molecule has 0 radical (unpaired) electrons. The van der Waals surface area contributed by atoms with Crippen molar-refractivity contribution in [1.82, 2.24) is 0 Å². The number of thiocarbonyl (C=S) groups is 1. The molecule has 168 valence electrons. The van der Waals surface area contributed by atoms with Crippen LogP contribution in [0.5, 0.6) is 5.75 Å². The highest BCUT2D eigenvalue weighted by Crippen LogP contribution is 2.39. The van der Waals surface area contributed by atoms with Crippen molar-refractivity contribution >= 4 is 77.8 Å². The predicted molar refractivity (Wildman–Crippen MR) is 144 cm³/mol. The van der Waals surface area contributed by atoms with Crippen molar-refractivity contribution in [1.29, 1.82) is 0 Å². The first kappa shape index (κ1) is 24.1. The molecule has 1 saturated heterocycles. The highest BCUT2D eigenvalue weighted by Gasteiger charge is 2.33. The number of carbonyl (C=O) groups excluding carboxylic acids is 1. The largest absolute Gasteiger partial charge is 0.486 e. The lowest BCUT2D eigenvalue weighted by Crippen LogP contribution is -2.27. The maximum atomic E-state index is 13.9. The molecule has 0 spiro atoms. The molecule has 1 fully saturated rings. The number of aryl methyl sites for hydroxylation is 2. The molecule has 0 bridgehead atoms. The van der Waals surface area contributed by atoms with E-state index in [1.807, 2.05) is 44.2 Å².